The fourth-order valence-electron chi connectivity index (χ4n) is 1.57. The molecule has 1 unspecified atom stereocenters. The molecule has 0 radical (unpaired) electrons. The lowest BCUT2D eigenvalue weighted by Crippen LogP contribution is -2.15. The van der Waals surface area contributed by atoms with E-state index in [-0.39, 0.29) is 6.61 Å². The van der Waals surface area contributed by atoms with Crippen molar-refractivity contribution >= 4 is 23.2 Å². The van der Waals surface area contributed by atoms with E-state index in [1.54, 1.807) is 6.20 Å². The second-order valence-electron chi connectivity index (χ2n) is 4.16. The first-order valence-electron chi connectivity index (χ1n) is 6.24. The van der Waals surface area contributed by atoms with Gasteiger partial charge in [0.25, 0.3) is 0 Å². The number of aliphatic hydroxyl groups excluding tert-OH is 2. The Morgan fingerprint density at radius 3 is 3.11 bits per heavy atom. The van der Waals surface area contributed by atoms with Gasteiger partial charge in [0.05, 0.1) is 18.9 Å². The number of thioether (sulfide) groups is 1. The van der Waals surface area contributed by atoms with Crippen molar-refractivity contribution in [2.45, 2.75) is 24.5 Å². The quantitative estimate of drug-likeness (QED) is 0.657. The molecule has 0 aliphatic heterocycles. The molecule has 0 aliphatic rings. The van der Waals surface area contributed by atoms with Gasteiger partial charge in [0.15, 0.2) is 5.65 Å². The lowest BCUT2D eigenvalue weighted by Gasteiger charge is -2.10. The van der Waals surface area contributed by atoms with Crippen LogP contribution in [0.2, 0.25) is 0 Å². The number of fused-ring (bicyclic) bond motifs is 1. The summed E-state index contributed by atoms with van der Waals surface area (Å²) in [6, 6.07) is 0. The molecule has 0 aliphatic carbocycles. The van der Waals surface area contributed by atoms with Crippen molar-refractivity contribution in [1.29, 1.82) is 0 Å². The van der Waals surface area contributed by atoms with Crippen molar-refractivity contribution in [3.8, 4) is 0 Å². The minimum atomic E-state index is -0.742. The van der Waals surface area contributed by atoms with Crippen LogP contribution in [0.1, 0.15) is 13.3 Å². The van der Waals surface area contributed by atoms with E-state index in [0.29, 0.717) is 5.75 Å². The van der Waals surface area contributed by atoms with Gasteiger partial charge in [0.1, 0.15) is 10.8 Å². The summed E-state index contributed by atoms with van der Waals surface area (Å²) in [4.78, 5) is 8.74. The zero-order chi connectivity index (χ0) is 13.7. The Morgan fingerprint density at radius 1 is 1.53 bits per heavy atom. The van der Waals surface area contributed by atoms with Gasteiger partial charge >= 0.3 is 0 Å². The third kappa shape index (κ3) is 3.59. The average Bonchev–Trinajstić information content (AvgIpc) is 2.90. The predicted octanol–water partition coefficient (Wildman–Crippen LogP) is 0.996. The lowest BCUT2D eigenvalue weighted by atomic mass is 10.4. The van der Waals surface area contributed by atoms with Gasteiger partial charge in [-0.25, -0.2) is 9.97 Å². The number of aromatic nitrogens is 3. The number of hydrogen-bond donors (Lipinski definition) is 3. The van der Waals surface area contributed by atoms with Crippen LogP contribution in [0.15, 0.2) is 23.6 Å². The minimum absolute atomic E-state index is 0.245. The van der Waals surface area contributed by atoms with E-state index in [1.807, 2.05) is 16.8 Å². The van der Waals surface area contributed by atoms with E-state index in [2.05, 4.69) is 22.2 Å². The summed E-state index contributed by atoms with van der Waals surface area (Å²) in [7, 11) is 0. The first kappa shape index (κ1) is 14.1. The number of anilines is 1. The van der Waals surface area contributed by atoms with Crippen LogP contribution in [-0.4, -0.2) is 49.6 Å². The smallest absolute Gasteiger partial charge is 0.169 e. The van der Waals surface area contributed by atoms with E-state index in [9.17, 15) is 5.11 Å². The first-order valence-corrected chi connectivity index (χ1v) is 7.22. The number of hydrogen-bond acceptors (Lipinski definition) is 6. The maximum Gasteiger partial charge on any atom is 0.169 e. The summed E-state index contributed by atoms with van der Waals surface area (Å²) in [5.74, 6) is 1.18. The summed E-state index contributed by atoms with van der Waals surface area (Å²) >= 11 is 1.39. The molecule has 0 saturated carbocycles. The van der Waals surface area contributed by atoms with Crippen LogP contribution < -0.4 is 5.32 Å². The van der Waals surface area contributed by atoms with Crippen molar-refractivity contribution < 1.29 is 10.2 Å². The standard InChI is InChI=1S/C12H18N4O2S/c1-2-3-13-10-6-16-5-4-14-11(16)12(15-10)19-8-9(18)7-17/h4-6,9,13,17-18H,2-3,7-8H2,1H3. The van der Waals surface area contributed by atoms with E-state index in [0.717, 1.165) is 29.5 Å². The second kappa shape index (κ2) is 6.74. The van der Waals surface area contributed by atoms with Gasteiger partial charge in [-0.2, -0.15) is 0 Å². The molecular formula is C12H18N4O2S. The maximum absolute atomic E-state index is 9.41. The van der Waals surface area contributed by atoms with Gasteiger partial charge in [-0.1, -0.05) is 18.7 Å². The Bertz CT molecular complexity index is 531. The van der Waals surface area contributed by atoms with Crippen LogP contribution >= 0.6 is 11.8 Å². The molecule has 2 aromatic heterocycles. The molecule has 0 spiro atoms. The zero-order valence-corrected chi connectivity index (χ0v) is 11.6. The van der Waals surface area contributed by atoms with Gasteiger partial charge in [-0.15, -0.1) is 0 Å². The Labute approximate surface area is 115 Å². The van der Waals surface area contributed by atoms with Crippen LogP contribution in [0.4, 0.5) is 5.82 Å². The van der Waals surface area contributed by atoms with Gasteiger partial charge in [0, 0.05) is 24.7 Å². The third-order valence-electron chi connectivity index (χ3n) is 2.52. The van der Waals surface area contributed by atoms with Crippen LogP contribution in [0, 0.1) is 0 Å². The molecule has 2 aromatic rings. The Morgan fingerprint density at radius 2 is 2.37 bits per heavy atom. The SMILES string of the molecule is CCCNc1cn2ccnc2c(SCC(O)CO)n1. The van der Waals surface area contributed by atoms with Gasteiger partial charge in [-0.05, 0) is 6.42 Å². The van der Waals surface area contributed by atoms with E-state index < -0.39 is 6.10 Å². The summed E-state index contributed by atoms with van der Waals surface area (Å²) in [6.45, 7) is 2.71. The summed E-state index contributed by atoms with van der Waals surface area (Å²) in [5, 5.41) is 22.2. The van der Waals surface area contributed by atoms with E-state index in [4.69, 9.17) is 5.11 Å². The lowest BCUT2D eigenvalue weighted by molar-refractivity contribution is 0.113. The highest BCUT2D eigenvalue weighted by Gasteiger charge is 2.10. The van der Waals surface area contributed by atoms with Gasteiger partial charge in [0.2, 0.25) is 0 Å². The number of nitrogens with one attached hydrogen (secondary N) is 1. The predicted molar refractivity (Wildman–Crippen MR) is 75.6 cm³/mol. The van der Waals surface area contributed by atoms with Crippen LogP contribution in [0.3, 0.4) is 0 Å². The summed E-state index contributed by atoms with van der Waals surface area (Å²) < 4.78 is 1.90. The van der Waals surface area contributed by atoms with Crippen LogP contribution in [0.5, 0.6) is 0 Å². The second-order valence-corrected chi connectivity index (χ2v) is 5.17. The van der Waals surface area contributed by atoms with Crippen LogP contribution in [-0.2, 0) is 0 Å². The molecule has 2 rings (SSSR count). The summed E-state index contributed by atoms with van der Waals surface area (Å²) in [5.41, 5.74) is 0.761. The highest BCUT2D eigenvalue weighted by molar-refractivity contribution is 7.99. The topological polar surface area (TPSA) is 82.7 Å². The average molecular weight is 282 g/mol. The first-order chi connectivity index (χ1) is 9.24. The van der Waals surface area contributed by atoms with E-state index in [1.165, 1.54) is 11.8 Å². The molecule has 2 heterocycles. The molecule has 0 saturated heterocycles. The Kier molecular flexibility index (Phi) is 5.00. The molecule has 0 amide bonds. The van der Waals surface area contributed by atoms with Crippen molar-refractivity contribution in [1.82, 2.24) is 14.4 Å². The fraction of sp³-hybridized carbons (Fsp3) is 0.500. The normalized spacial score (nSPS) is 12.8. The third-order valence-corrected chi connectivity index (χ3v) is 3.62. The zero-order valence-electron chi connectivity index (χ0n) is 10.8. The van der Waals surface area contributed by atoms with Crippen molar-refractivity contribution in [3.63, 3.8) is 0 Å². The number of rotatable bonds is 7. The molecule has 1 atom stereocenters. The van der Waals surface area contributed by atoms with Crippen molar-refractivity contribution in [2.75, 3.05) is 24.2 Å². The molecule has 3 N–H and O–H groups in total. The van der Waals surface area contributed by atoms with Gasteiger partial charge in [-0.3, -0.25) is 0 Å². The largest absolute Gasteiger partial charge is 0.394 e. The number of imidazole rings is 1. The van der Waals surface area contributed by atoms with E-state index >= 15 is 0 Å². The molecule has 104 valence electrons. The molecule has 0 fully saturated rings. The number of nitrogens with zero attached hydrogens (tertiary/aromatic N) is 3. The molecule has 0 aromatic carbocycles. The van der Waals surface area contributed by atoms with Gasteiger partial charge < -0.3 is 19.9 Å². The Balaban J connectivity index is 2.21. The molecule has 19 heavy (non-hydrogen) atoms. The number of aliphatic hydroxyl groups is 2. The highest BCUT2D eigenvalue weighted by Crippen LogP contribution is 2.23. The minimum Gasteiger partial charge on any atom is -0.394 e. The maximum atomic E-state index is 9.41. The molecule has 7 heteroatoms. The van der Waals surface area contributed by atoms with Crippen molar-refractivity contribution in [3.05, 3.63) is 18.6 Å². The van der Waals surface area contributed by atoms with Crippen LogP contribution in [0.25, 0.3) is 5.65 Å². The Hall–Kier alpha value is -1.31. The molecule has 6 nitrogen and oxygen atoms in total. The highest BCUT2D eigenvalue weighted by atomic mass is 32.2. The molecule has 0 bridgehead atoms. The fourth-order valence-corrected chi connectivity index (χ4v) is 2.47. The molecular weight excluding hydrogens is 264 g/mol. The monoisotopic (exact) mass is 282 g/mol. The summed E-state index contributed by atoms with van der Waals surface area (Å²) in [6.07, 6.45) is 5.75. The van der Waals surface area contributed by atoms with Crippen molar-refractivity contribution in [2.24, 2.45) is 0 Å².